The lowest BCUT2D eigenvalue weighted by Gasteiger charge is -2.07. The highest BCUT2D eigenvalue weighted by Crippen LogP contribution is 2.18. The number of amides is 1. The van der Waals surface area contributed by atoms with Gasteiger partial charge in [-0.05, 0) is 54.1 Å². The summed E-state index contributed by atoms with van der Waals surface area (Å²) < 4.78 is 18.8. The molecule has 0 radical (unpaired) electrons. The molecule has 1 amide bonds. The van der Waals surface area contributed by atoms with E-state index in [0.717, 1.165) is 17.2 Å². The van der Waals surface area contributed by atoms with E-state index in [-0.39, 0.29) is 5.56 Å². The number of benzene rings is 3. The molecule has 0 saturated carbocycles. The Hall–Kier alpha value is -3.18. The molecule has 0 saturated heterocycles. The summed E-state index contributed by atoms with van der Waals surface area (Å²) >= 11 is 6.10. The monoisotopic (exact) mass is 382 g/mol. The summed E-state index contributed by atoms with van der Waals surface area (Å²) in [4.78, 5) is 11.9. The van der Waals surface area contributed by atoms with Crippen molar-refractivity contribution in [3.05, 3.63) is 100 Å². The Labute approximate surface area is 161 Å². The van der Waals surface area contributed by atoms with Crippen LogP contribution in [0.4, 0.5) is 4.39 Å². The van der Waals surface area contributed by atoms with Crippen molar-refractivity contribution in [3.8, 4) is 5.75 Å². The molecule has 136 valence electrons. The van der Waals surface area contributed by atoms with Crippen molar-refractivity contribution in [1.82, 2.24) is 5.43 Å². The van der Waals surface area contributed by atoms with E-state index < -0.39 is 11.7 Å². The molecule has 0 aliphatic heterocycles. The van der Waals surface area contributed by atoms with Crippen molar-refractivity contribution in [2.45, 2.75) is 6.61 Å². The van der Waals surface area contributed by atoms with Gasteiger partial charge in [-0.15, -0.1) is 0 Å². The third kappa shape index (κ3) is 5.39. The fraction of sp³-hybridized carbons (Fsp3) is 0.0476. The third-order valence-electron chi connectivity index (χ3n) is 3.70. The first kappa shape index (κ1) is 18.6. The quantitative estimate of drug-likeness (QED) is 0.490. The summed E-state index contributed by atoms with van der Waals surface area (Å²) in [5, 5.41) is 4.54. The van der Waals surface area contributed by atoms with E-state index in [0.29, 0.717) is 17.4 Å². The predicted molar refractivity (Wildman–Crippen MR) is 104 cm³/mol. The van der Waals surface area contributed by atoms with Gasteiger partial charge in [0.25, 0.3) is 5.91 Å². The van der Waals surface area contributed by atoms with Crippen LogP contribution in [0.3, 0.4) is 0 Å². The molecule has 0 bridgehead atoms. The lowest BCUT2D eigenvalue weighted by atomic mass is 10.2. The van der Waals surface area contributed by atoms with Gasteiger partial charge >= 0.3 is 0 Å². The summed E-state index contributed by atoms with van der Waals surface area (Å²) in [6, 6.07) is 20.1. The number of ether oxygens (including phenoxy) is 1. The maximum atomic E-state index is 13.1. The highest BCUT2D eigenvalue weighted by Gasteiger charge is 2.04. The Kier molecular flexibility index (Phi) is 6.18. The van der Waals surface area contributed by atoms with E-state index >= 15 is 0 Å². The summed E-state index contributed by atoms with van der Waals surface area (Å²) in [6.45, 7) is 0.372. The molecule has 6 heteroatoms. The second-order valence-electron chi connectivity index (χ2n) is 5.66. The number of carbonyl (C=O) groups excluding carboxylic acids is 1. The Bertz CT molecular complexity index is 958. The topological polar surface area (TPSA) is 50.7 Å². The number of nitrogens with one attached hydrogen (secondary N) is 1. The molecule has 3 aromatic rings. The van der Waals surface area contributed by atoms with Crippen LogP contribution in [-0.2, 0) is 6.61 Å². The van der Waals surface area contributed by atoms with Crippen LogP contribution in [0.2, 0.25) is 5.02 Å². The Morgan fingerprint density at radius 1 is 1.07 bits per heavy atom. The number of rotatable bonds is 6. The van der Waals surface area contributed by atoms with E-state index in [1.54, 1.807) is 24.3 Å². The van der Waals surface area contributed by atoms with Crippen molar-refractivity contribution in [1.29, 1.82) is 0 Å². The minimum atomic E-state index is -0.481. The van der Waals surface area contributed by atoms with Gasteiger partial charge in [-0.2, -0.15) is 5.10 Å². The van der Waals surface area contributed by atoms with Crippen molar-refractivity contribution in [3.63, 3.8) is 0 Å². The molecule has 4 nitrogen and oxygen atoms in total. The molecule has 3 rings (SSSR count). The molecule has 0 heterocycles. The lowest BCUT2D eigenvalue weighted by Crippen LogP contribution is -2.17. The molecule has 27 heavy (non-hydrogen) atoms. The van der Waals surface area contributed by atoms with Crippen molar-refractivity contribution in [2.24, 2.45) is 5.10 Å². The molecule has 0 aliphatic carbocycles. The molecular weight excluding hydrogens is 367 g/mol. The summed E-state index contributed by atoms with van der Waals surface area (Å²) in [5.74, 6) is -0.264. The van der Waals surface area contributed by atoms with Gasteiger partial charge in [-0.1, -0.05) is 35.9 Å². The SMILES string of the molecule is O=C(NN=Cc1ccc(OCc2ccccc2Cl)cc1)c1cccc(F)c1. The molecule has 0 atom stereocenters. The maximum absolute atomic E-state index is 13.1. The lowest BCUT2D eigenvalue weighted by molar-refractivity contribution is 0.0954. The Morgan fingerprint density at radius 2 is 1.85 bits per heavy atom. The smallest absolute Gasteiger partial charge is 0.271 e. The fourth-order valence-electron chi connectivity index (χ4n) is 2.29. The van der Waals surface area contributed by atoms with Crippen LogP contribution in [0.5, 0.6) is 5.75 Å². The molecular formula is C21H16ClFN2O2. The van der Waals surface area contributed by atoms with Gasteiger partial charge in [0.2, 0.25) is 0 Å². The second-order valence-corrected chi connectivity index (χ2v) is 6.07. The van der Waals surface area contributed by atoms with E-state index in [1.165, 1.54) is 24.4 Å². The van der Waals surface area contributed by atoms with Gasteiger partial charge < -0.3 is 4.74 Å². The van der Waals surface area contributed by atoms with Crippen LogP contribution in [0.15, 0.2) is 77.9 Å². The minimum absolute atomic E-state index is 0.204. The first-order valence-corrected chi connectivity index (χ1v) is 8.55. The molecule has 0 spiro atoms. The first-order chi connectivity index (χ1) is 13.1. The average Bonchev–Trinajstić information content (AvgIpc) is 2.68. The Morgan fingerprint density at radius 3 is 2.59 bits per heavy atom. The highest BCUT2D eigenvalue weighted by atomic mass is 35.5. The largest absolute Gasteiger partial charge is 0.489 e. The van der Waals surface area contributed by atoms with Gasteiger partial charge in [0.15, 0.2) is 0 Å². The molecule has 0 unspecified atom stereocenters. The molecule has 0 aliphatic rings. The average molecular weight is 383 g/mol. The van der Waals surface area contributed by atoms with Crippen molar-refractivity contribution < 1.29 is 13.9 Å². The summed E-state index contributed by atoms with van der Waals surface area (Å²) in [6.07, 6.45) is 1.50. The van der Waals surface area contributed by atoms with E-state index in [4.69, 9.17) is 16.3 Å². The molecule has 0 fully saturated rings. The highest BCUT2D eigenvalue weighted by molar-refractivity contribution is 6.31. The maximum Gasteiger partial charge on any atom is 0.271 e. The van der Waals surface area contributed by atoms with Crippen LogP contribution in [0.25, 0.3) is 0 Å². The predicted octanol–water partition coefficient (Wildman–Crippen LogP) is 4.82. The number of hydrazone groups is 1. The first-order valence-electron chi connectivity index (χ1n) is 8.17. The fourth-order valence-corrected chi connectivity index (χ4v) is 2.48. The Balaban J connectivity index is 1.53. The number of nitrogens with zero attached hydrogens (tertiary/aromatic N) is 1. The standard InChI is InChI=1S/C21H16ClFN2O2/c22-20-7-2-1-4-17(20)14-27-19-10-8-15(9-11-19)13-24-25-21(26)16-5-3-6-18(23)12-16/h1-13H,14H2,(H,25,26). The summed E-state index contributed by atoms with van der Waals surface area (Å²) in [7, 11) is 0. The molecule has 3 aromatic carbocycles. The van der Waals surface area contributed by atoms with Gasteiger partial charge in [-0.25, -0.2) is 9.82 Å². The van der Waals surface area contributed by atoms with Gasteiger partial charge in [0.1, 0.15) is 18.2 Å². The van der Waals surface area contributed by atoms with Gasteiger partial charge in [0.05, 0.1) is 6.21 Å². The number of hydrogen-bond acceptors (Lipinski definition) is 3. The van der Waals surface area contributed by atoms with Crippen LogP contribution < -0.4 is 10.2 Å². The number of carbonyl (C=O) groups is 1. The van der Waals surface area contributed by atoms with Gasteiger partial charge in [0, 0.05) is 16.1 Å². The van der Waals surface area contributed by atoms with E-state index in [9.17, 15) is 9.18 Å². The van der Waals surface area contributed by atoms with Crippen LogP contribution >= 0.6 is 11.6 Å². The van der Waals surface area contributed by atoms with E-state index in [1.807, 2.05) is 24.3 Å². The zero-order chi connectivity index (χ0) is 19.1. The van der Waals surface area contributed by atoms with Crippen LogP contribution in [-0.4, -0.2) is 12.1 Å². The van der Waals surface area contributed by atoms with Crippen LogP contribution in [0.1, 0.15) is 21.5 Å². The van der Waals surface area contributed by atoms with Crippen LogP contribution in [0, 0.1) is 5.82 Å². The zero-order valence-corrected chi connectivity index (χ0v) is 15.0. The number of halogens is 2. The molecule has 1 N–H and O–H groups in total. The third-order valence-corrected chi connectivity index (χ3v) is 4.07. The minimum Gasteiger partial charge on any atom is -0.489 e. The second kappa shape index (κ2) is 8.96. The molecule has 0 aromatic heterocycles. The normalized spacial score (nSPS) is 10.7. The van der Waals surface area contributed by atoms with Crippen molar-refractivity contribution >= 4 is 23.7 Å². The van der Waals surface area contributed by atoms with Gasteiger partial charge in [-0.3, -0.25) is 4.79 Å². The summed E-state index contributed by atoms with van der Waals surface area (Å²) in [5.41, 5.74) is 4.25. The number of hydrogen-bond donors (Lipinski definition) is 1. The van der Waals surface area contributed by atoms with E-state index in [2.05, 4.69) is 10.5 Å². The van der Waals surface area contributed by atoms with Crippen molar-refractivity contribution in [2.75, 3.05) is 0 Å². The zero-order valence-electron chi connectivity index (χ0n) is 14.2.